The number of hydrogen-bond donors (Lipinski definition) is 0. The van der Waals surface area contributed by atoms with Gasteiger partial charge in [0, 0.05) is 6.61 Å². The van der Waals surface area contributed by atoms with E-state index in [0.717, 1.165) is 31.7 Å². The first kappa shape index (κ1) is 22.9. The summed E-state index contributed by atoms with van der Waals surface area (Å²) in [6.45, 7) is 8.35. The van der Waals surface area contributed by atoms with Crippen LogP contribution in [0.3, 0.4) is 0 Å². The van der Waals surface area contributed by atoms with Crippen molar-refractivity contribution in [1.82, 2.24) is 0 Å². The lowest BCUT2D eigenvalue weighted by atomic mass is 9.81. The minimum atomic E-state index is -1.76. The molecule has 0 aliphatic carbocycles. The zero-order chi connectivity index (χ0) is 19.7. The topological polar surface area (TPSA) is 9.23 Å². The highest BCUT2D eigenvalue weighted by atomic mass is 19.2. The third kappa shape index (κ3) is 6.57. The van der Waals surface area contributed by atoms with Crippen LogP contribution < -0.4 is 0 Å². The van der Waals surface area contributed by atoms with Gasteiger partial charge in [0.25, 0.3) is 0 Å². The number of rotatable bonds is 12. The molecule has 0 bridgehead atoms. The van der Waals surface area contributed by atoms with Gasteiger partial charge in [-0.05, 0) is 51.2 Å². The second-order valence-corrected chi connectivity index (χ2v) is 7.45. The molecule has 1 aromatic carbocycles. The standard InChI is InChI=1S/C21H32F4O/c1-5-7-8-9-10-11-12-16(21(3,4)26-6-2)13-15-14-17(22)19(24)20(25)18(15)23/h14,16H,5-13H2,1-4H3. The van der Waals surface area contributed by atoms with Gasteiger partial charge in [-0.2, -0.15) is 0 Å². The van der Waals surface area contributed by atoms with Gasteiger partial charge in [0.15, 0.2) is 23.3 Å². The predicted molar refractivity (Wildman–Crippen MR) is 97.2 cm³/mol. The van der Waals surface area contributed by atoms with Crippen molar-refractivity contribution in [2.75, 3.05) is 6.61 Å². The van der Waals surface area contributed by atoms with Crippen molar-refractivity contribution in [2.45, 2.75) is 84.7 Å². The Morgan fingerprint density at radius 3 is 2.12 bits per heavy atom. The summed E-state index contributed by atoms with van der Waals surface area (Å²) in [4.78, 5) is 0. The molecule has 1 aromatic rings. The van der Waals surface area contributed by atoms with E-state index in [2.05, 4.69) is 6.92 Å². The maximum atomic E-state index is 14.1. The molecule has 0 spiro atoms. The van der Waals surface area contributed by atoms with Crippen LogP contribution in [0.5, 0.6) is 0 Å². The average Bonchev–Trinajstić information content (AvgIpc) is 2.59. The van der Waals surface area contributed by atoms with Crippen LogP contribution in [-0.4, -0.2) is 12.2 Å². The van der Waals surface area contributed by atoms with Crippen LogP contribution >= 0.6 is 0 Å². The lowest BCUT2D eigenvalue weighted by molar-refractivity contribution is -0.0576. The monoisotopic (exact) mass is 376 g/mol. The zero-order valence-electron chi connectivity index (χ0n) is 16.4. The molecular weight excluding hydrogens is 344 g/mol. The Kier molecular flexibility index (Phi) is 9.62. The van der Waals surface area contributed by atoms with Crippen molar-refractivity contribution in [2.24, 2.45) is 5.92 Å². The summed E-state index contributed by atoms with van der Waals surface area (Å²) < 4.78 is 60.2. The average molecular weight is 376 g/mol. The highest BCUT2D eigenvalue weighted by Crippen LogP contribution is 2.32. The van der Waals surface area contributed by atoms with Gasteiger partial charge in [-0.15, -0.1) is 0 Å². The third-order valence-electron chi connectivity index (χ3n) is 5.05. The first-order chi connectivity index (χ1) is 12.2. The molecule has 0 amide bonds. The maximum absolute atomic E-state index is 14.1. The smallest absolute Gasteiger partial charge is 0.197 e. The van der Waals surface area contributed by atoms with Crippen LogP contribution in [0, 0.1) is 29.2 Å². The SMILES string of the molecule is CCCCCCCCC(Cc1cc(F)c(F)c(F)c1F)C(C)(C)OCC. The molecule has 5 heteroatoms. The largest absolute Gasteiger partial charge is 0.376 e. The number of unbranched alkanes of at least 4 members (excludes halogenated alkanes) is 5. The first-order valence-electron chi connectivity index (χ1n) is 9.70. The summed E-state index contributed by atoms with van der Waals surface area (Å²) in [5, 5.41) is 0. The van der Waals surface area contributed by atoms with E-state index in [9.17, 15) is 17.6 Å². The van der Waals surface area contributed by atoms with Gasteiger partial charge < -0.3 is 4.74 Å². The highest BCUT2D eigenvalue weighted by molar-refractivity contribution is 5.22. The molecule has 0 N–H and O–H groups in total. The normalized spacial score (nSPS) is 13.2. The van der Waals surface area contributed by atoms with E-state index >= 15 is 0 Å². The highest BCUT2D eigenvalue weighted by Gasteiger charge is 2.31. The minimum absolute atomic E-state index is 0.113. The van der Waals surface area contributed by atoms with E-state index in [1.165, 1.54) is 19.3 Å². The number of hydrogen-bond acceptors (Lipinski definition) is 1. The van der Waals surface area contributed by atoms with Gasteiger partial charge in [-0.1, -0.05) is 45.4 Å². The van der Waals surface area contributed by atoms with Crippen LogP contribution in [-0.2, 0) is 11.2 Å². The van der Waals surface area contributed by atoms with E-state index in [1.807, 2.05) is 20.8 Å². The predicted octanol–water partition coefficient (Wildman–Crippen LogP) is 6.97. The van der Waals surface area contributed by atoms with Crippen molar-refractivity contribution < 1.29 is 22.3 Å². The molecule has 1 unspecified atom stereocenters. The van der Waals surface area contributed by atoms with Gasteiger partial charge in [0.05, 0.1) is 5.60 Å². The Labute approximate surface area is 155 Å². The Balaban J connectivity index is 2.86. The van der Waals surface area contributed by atoms with Crippen LogP contribution in [0.15, 0.2) is 6.07 Å². The minimum Gasteiger partial charge on any atom is -0.376 e. The molecule has 0 aromatic heterocycles. The Hall–Kier alpha value is -1.10. The van der Waals surface area contributed by atoms with Crippen molar-refractivity contribution in [3.05, 3.63) is 34.9 Å². The molecule has 150 valence electrons. The van der Waals surface area contributed by atoms with Crippen LogP contribution in [0.4, 0.5) is 17.6 Å². The lowest BCUT2D eigenvalue weighted by Crippen LogP contribution is -2.36. The Bertz CT molecular complexity index is 557. The summed E-state index contributed by atoms with van der Waals surface area (Å²) >= 11 is 0. The number of ether oxygens (including phenoxy) is 1. The molecule has 1 atom stereocenters. The molecule has 0 fully saturated rings. The number of benzene rings is 1. The van der Waals surface area contributed by atoms with Crippen LogP contribution in [0.25, 0.3) is 0 Å². The van der Waals surface area contributed by atoms with Crippen LogP contribution in [0.1, 0.15) is 78.2 Å². The fraction of sp³-hybridized carbons (Fsp3) is 0.714. The Morgan fingerprint density at radius 2 is 1.50 bits per heavy atom. The third-order valence-corrected chi connectivity index (χ3v) is 5.05. The van der Waals surface area contributed by atoms with Crippen LogP contribution in [0.2, 0.25) is 0 Å². The molecule has 0 saturated heterocycles. The molecule has 26 heavy (non-hydrogen) atoms. The van der Waals surface area contributed by atoms with Gasteiger partial charge in [0.1, 0.15) is 0 Å². The zero-order valence-corrected chi connectivity index (χ0v) is 16.4. The molecule has 0 heterocycles. The molecule has 0 aliphatic rings. The van der Waals surface area contributed by atoms with Gasteiger partial charge in [0.2, 0.25) is 0 Å². The lowest BCUT2D eigenvalue weighted by Gasteiger charge is -2.34. The van der Waals surface area contributed by atoms with E-state index in [-0.39, 0.29) is 17.9 Å². The second-order valence-electron chi connectivity index (χ2n) is 7.45. The molecule has 0 aliphatic heterocycles. The van der Waals surface area contributed by atoms with Crippen molar-refractivity contribution in [1.29, 1.82) is 0 Å². The summed E-state index contributed by atoms with van der Waals surface area (Å²) in [6.07, 6.45) is 7.62. The van der Waals surface area contributed by atoms with E-state index in [0.29, 0.717) is 6.61 Å². The van der Waals surface area contributed by atoms with E-state index in [4.69, 9.17) is 4.74 Å². The molecule has 0 radical (unpaired) electrons. The number of halogens is 4. The van der Waals surface area contributed by atoms with E-state index in [1.54, 1.807) is 0 Å². The Morgan fingerprint density at radius 1 is 0.885 bits per heavy atom. The quantitative estimate of drug-likeness (QED) is 0.166. The summed E-state index contributed by atoms with van der Waals surface area (Å²) in [5.74, 6) is -6.28. The molecule has 1 rings (SSSR count). The summed E-state index contributed by atoms with van der Waals surface area (Å²) in [7, 11) is 0. The van der Waals surface area contributed by atoms with Crippen molar-refractivity contribution in [3.63, 3.8) is 0 Å². The summed E-state index contributed by atoms with van der Waals surface area (Å²) in [6, 6.07) is 0.768. The second kappa shape index (κ2) is 10.9. The van der Waals surface area contributed by atoms with Crippen molar-refractivity contribution >= 4 is 0 Å². The molecule has 0 saturated carbocycles. The summed E-state index contributed by atoms with van der Waals surface area (Å²) in [5.41, 5.74) is -0.698. The molecular formula is C21H32F4O. The fourth-order valence-corrected chi connectivity index (χ4v) is 3.39. The first-order valence-corrected chi connectivity index (χ1v) is 9.70. The van der Waals surface area contributed by atoms with E-state index < -0.39 is 28.9 Å². The molecule has 1 nitrogen and oxygen atoms in total. The van der Waals surface area contributed by atoms with Gasteiger partial charge in [-0.25, -0.2) is 17.6 Å². The van der Waals surface area contributed by atoms with Gasteiger partial charge in [-0.3, -0.25) is 0 Å². The maximum Gasteiger partial charge on any atom is 0.197 e. The van der Waals surface area contributed by atoms with Gasteiger partial charge >= 0.3 is 0 Å². The fourth-order valence-electron chi connectivity index (χ4n) is 3.39. The van der Waals surface area contributed by atoms with Crippen molar-refractivity contribution in [3.8, 4) is 0 Å².